The van der Waals surface area contributed by atoms with Crippen LogP contribution in [0, 0.1) is 0 Å². The van der Waals surface area contributed by atoms with Gasteiger partial charge in [-0.1, -0.05) is 11.6 Å². The monoisotopic (exact) mass is 225 g/mol. The van der Waals surface area contributed by atoms with Crippen molar-refractivity contribution in [1.82, 2.24) is 20.0 Å². The second kappa shape index (κ2) is 3.74. The van der Waals surface area contributed by atoms with Crippen LogP contribution >= 0.6 is 11.6 Å². The fourth-order valence-electron chi connectivity index (χ4n) is 1.11. The number of rotatable bonds is 2. The van der Waals surface area contributed by atoms with Crippen molar-refractivity contribution in [2.75, 3.05) is 12.8 Å². The normalized spacial score (nSPS) is 10.3. The third kappa shape index (κ3) is 1.71. The number of pyridine rings is 1. The number of methoxy groups -OCH3 is 1. The fraction of sp³-hybridized carbons (Fsp3) is 0.125. The largest absolute Gasteiger partial charge is 0.479 e. The number of nitrogens with zero attached hydrogens (tertiary/aromatic N) is 4. The van der Waals surface area contributed by atoms with E-state index in [1.165, 1.54) is 24.3 Å². The predicted molar refractivity (Wildman–Crippen MR) is 55.1 cm³/mol. The Morgan fingerprint density at radius 3 is 2.67 bits per heavy atom. The van der Waals surface area contributed by atoms with Gasteiger partial charge < -0.3 is 10.5 Å². The molecule has 0 unspecified atom stereocenters. The van der Waals surface area contributed by atoms with Gasteiger partial charge >= 0.3 is 0 Å². The maximum absolute atomic E-state index is 5.95. The summed E-state index contributed by atoms with van der Waals surface area (Å²) in [6.45, 7) is 0. The summed E-state index contributed by atoms with van der Waals surface area (Å²) >= 11 is 5.95. The Hall–Kier alpha value is -1.82. The van der Waals surface area contributed by atoms with Crippen molar-refractivity contribution in [3.05, 3.63) is 23.5 Å². The number of halogens is 1. The van der Waals surface area contributed by atoms with E-state index in [-0.39, 0.29) is 0 Å². The molecule has 15 heavy (non-hydrogen) atoms. The molecule has 0 aliphatic rings. The molecule has 0 bridgehead atoms. The van der Waals surface area contributed by atoms with Crippen molar-refractivity contribution in [3.63, 3.8) is 0 Å². The third-order valence-corrected chi connectivity index (χ3v) is 2.03. The minimum atomic E-state index is 0.298. The van der Waals surface area contributed by atoms with Crippen molar-refractivity contribution in [1.29, 1.82) is 0 Å². The van der Waals surface area contributed by atoms with Gasteiger partial charge in [-0.05, 0) is 6.07 Å². The second-order valence-electron chi connectivity index (χ2n) is 2.71. The summed E-state index contributed by atoms with van der Waals surface area (Å²) in [5.74, 6) is 0.680. The summed E-state index contributed by atoms with van der Waals surface area (Å²) in [7, 11) is 1.48. The van der Waals surface area contributed by atoms with E-state index in [0.717, 1.165) is 0 Å². The van der Waals surface area contributed by atoms with Crippen LogP contribution in [0.1, 0.15) is 0 Å². The van der Waals surface area contributed by atoms with Crippen LogP contribution in [0.15, 0.2) is 18.5 Å². The molecule has 0 amide bonds. The van der Waals surface area contributed by atoms with E-state index >= 15 is 0 Å². The van der Waals surface area contributed by atoms with Crippen LogP contribution in [0.25, 0.3) is 5.82 Å². The molecule has 0 fully saturated rings. The summed E-state index contributed by atoms with van der Waals surface area (Å²) in [4.78, 5) is 5.39. The summed E-state index contributed by atoms with van der Waals surface area (Å²) in [5, 5.41) is 8.19. The van der Waals surface area contributed by atoms with Crippen LogP contribution < -0.4 is 10.5 Å². The highest BCUT2D eigenvalue weighted by molar-refractivity contribution is 6.32. The van der Waals surface area contributed by atoms with Crippen molar-refractivity contribution in [3.8, 4) is 11.7 Å². The maximum atomic E-state index is 5.95. The van der Waals surface area contributed by atoms with E-state index in [4.69, 9.17) is 22.1 Å². The van der Waals surface area contributed by atoms with Gasteiger partial charge in [-0.15, -0.1) is 4.80 Å². The standard InChI is InChI=1S/C8H8ClN5O/c1-15-8-6(10)4-5(9)7(13-8)14-11-2-3-12-14/h2-4H,10H2,1H3. The Morgan fingerprint density at radius 1 is 1.40 bits per heavy atom. The van der Waals surface area contributed by atoms with Crippen molar-refractivity contribution in [2.45, 2.75) is 0 Å². The van der Waals surface area contributed by atoms with Crippen molar-refractivity contribution in [2.24, 2.45) is 0 Å². The average molecular weight is 226 g/mol. The molecule has 2 N–H and O–H groups in total. The first kappa shape index (κ1) is 9.72. The number of nitrogens with two attached hydrogens (primary N) is 1. The molecule has 2 rings (SSSR count). The van der Waals surface area contributed by atoms with E-state index in [1.54, 1.807) is 6.07 Å². The highest BCUT2D eigenvalue weighted by atomic mass is 35.5. The lowest BCUT2D eigenvalue weighted by molar-refractivity contribution is 0.399. The fourth-order valence-corrected chi connectivity index (χ4v) is 1.34. The van der Waals surface area contributed by atoms with Gasteiger partial charge in [0, 0.05) is 0 Å². The van der Waals surface area contributed by atoms with E-state index < -0.39 is 0 Å². The molecule has 0 aliphatic heterocycles. The first-order chi connectivity index (χ1) is 7.22. The number of aromatic nitrogens is 4. The lowest BCUT2D eigenvalue weighted by atomic mass is 10.4. The highest BCUT2D eigenvalue weighted by Gasteiger charge is 2.11. The third-order valence-electron chi connectivity index (χ3n) is 1.75. The summed E-state index contributed by atoms with van der Waals surface area (Å²) in [5.41, 5.74) is 6.01. The summed E-state index contributed by atoms with van der Waals surface area (Å²) in [6, 6.07) is 1.55. The van der Waals surface area contributed by atoms with E-state index in [1.807, 2.05) is 0 Å². The molecule has 0 aliphatic carbocycles. The second-order valence-corrected chi connectivity index (χ2v) is 3.12. The van der Waals surface area contributed by atoms with Crippen LogP contribution in [0.4, 0.5) is 5.69 Å². The zero-order chi connectivity index (χ0) is 10.8. The Morgan fingerprint density at radius 2 is 2.07 bits per heavy atom. The first-order valence-electron chi connectivity index (χ1n) is 4.09. The zero-order valence-electron chi connectivity index (χ0n) is 7.88. The molecule has 6 nitrogen and oxygen atoms in total. The number of nitrogen functional groups attached to an aromatic ring is 1. The predicted octanol–water partition coefficient (Wildman–Crippen LogP) is 0.906. The number of hydrogen-bond acceptors (Lipinski definition) is 5. The van der Waals surface area contributed by atoms with E-state index in [9.17, 15) is 0 Å². The molecule has 78 valence electrons. The van der Waals surface area contributed by atoms with Gasteiger partial charge in [0.15, 0.2) is 5.82 Å². The molecule has 2 heterocycles. The number of ether oxygens (including phenoxy) is 1. The summed E-state index contributed by atoms with van der Waals surface area (Å²) in [6.07, 6.45) is 3.06. The van der Waals surface area contributed by atoms with Gasteiger partial charge in [-0.2, -0.15) is 15.2 Å². The number of hydrogen-bond donors (Lipinski definition) is 1. The minimum Gasteiger partial charge on any atom is -0.479 e. The topological polar surface area (TPSA) is 78.8 Å². The smallest absolute Gasteiger partial charge is 0.239 e. The van der Waals surface area contributed by atoms with Crippen LogP contribution in [-0.4, -0.2) is 27.1 Å². The van der Waals surface area contributed by atoms with Gasteiger partial charge in [0.05, 0.1) is 30.2 Å². The van der Waals surface area contributed by atoms with Crippen LogP contribution in [0.2, 0.25) is 5.02 Å². The molecular formula is C8H8ClN5O. The molecule has 0 atom stereocenters. The van der Waals surface area contributed by atoms with Gasteiger partial charge in [-0.3, -0.25) is 0 Å². The Labute approximate surface area is 90.6 Å². The van der Waals surface area contributed by atoms with Gasteiger partial charge in [0.25, 0.3) is 0 Å². The van der Waals surface area contributed by atoms with Gasteiger partial charge in [0.2, 0.25) is 5.88 Å². The first-order valence-corrected chi connectivity index (χ1v) is 4.47. The average Bonchev–Trinajstić information content (AvgIpc) is 2.71. The molecule has 0 spiro atoms. The quantitative estimate of drug-likeness (QED) is 0.822. The zero-order valence-corrected chi connectivity index (χ0v) is 8.64. The van der Waals surface area contributed by atoms with Gasteiger partial charge in [0.1, 0.15) is 0 Å². The molecule has 2 aromatic rings. The van der Waals surface area contributed by atoms with E-state index in [2.05, 4.69) is 15.2 Å². The lowest BCUT2D eigenvalue weighted by Gasteiger charge is -2.07. The molecule has 0 aromatic carbocycles. The van der Waals surface area contributed by atoms with Crippen molar-refractivity contribution >= 4 is 17.3 Å². The molecular weight excluding hydrogens is 218 g/mol. The molecule has 2 aromatic heterocycles. The summed E-state index contributed by atoms with van der Waals surface area (Å²) < 4.78 is 4.98. The van der Waals surface area contributed by atoms with E-state index in [0.29, 0.717) is 22.4 Å². The Bertz CT molecular complexity index is 470. The molecule has 7 heteroatoms. The Balaban J connectivity index is 2.57. The molecule has 0 saturated carbocycles. The highest BCUT2D eigenvalue weighted by Crippen LogP contribution is 2.26. The lowest BCUT2D eigenvalue weighted by Crippen LogP contribution is -2.05. The number of anilines is 1. The van der Waals surface area contributed by atoms with Crippen LogP contribution in [0.5, 0.6) is 5.88 Å². The van der Waals surface area contributed by atoms with Crippen LogP contribution in [0.3, 0.4) is 0 Å². The SMILES string of the molecule is COc1nc(-n2nccn2)c(Cl)cc1N. The Kier molecular flexibility index (Phi) is 2.42. The van der Waals surface area contributed by atoms with Gasteiger partial charge in [-0.25, -0.2) is 0 Å². The van der Waals surface area contributed by atoms with Crippen molar-refractivity contribution < 1.29 is 4.74 Å². The minimum absolute atomic E-state index is 0.298. The molecule has 0 radical (unpaired) electrons. The maximum Gasteiger partial charge on any atom is 0.239 e. The van der Waals surface area contributed by atoms with Crippen LogP contribution in [-0.2, 0) is 0 Å². The molecule has 0 saturated heterocycles.